The van der Waals surface area contributed by atoms with Gasteiger partial charge in [-0.25, -0.2) is 0 Å². The van der Waals surface area contributed by atoms with Crippen LogP contribution in [0.1, 0.15) is 5.56 Å². The van der Waals surface area contributed by atoms with E-state index >= 15 is 0 Å². The van der Waals surface area contributed by atoms with Crippen LogP contribution in [0.25, 0.3) is 0 Å². The third-order valence-electron chi connectivity index (χ3n) is 2.29. The summed E-state index contributed by atoms with van der Waals surface area (Å²) in [5.41, 5.74) is 8.53. The predicted molar refractivity (Wildman–Crippen MR) is 70.3 cm³/mol. The van der Waals surface area contributed by atoms with Gasteiger partial charge >= 0.3 is 0 Å². The maximum atomic E-state index is 8.76. The van der Waals surface area contributed by atoms with Crippen molar-refractivity contribution in [3.8, 4) is 6.07 Å². The summed E-state index contributed by atoms with van der Waals surface area (Å²) in [6, 6.07) is 14.6. The van der Waals surface area contributed by atoms with Crippen molar-refractivity contribution in [3.63, 3.8) is 0 Å². The average molecular weight is 244 g/mol. The monoisotopic (exact) mass is 243 g/mol. The number of nitrogen functional groups attached to an aromatic ring is 1. The Morgan fingerprint density at radius 1 is 1.06 bits per heavy atom. The molecule has 0 heterocycles. The SMILES string of the molecule is N#Cc1ccc(Nc2ccc(N)cc2)cc1Cl. The van der Waals surface area contributed by atoms with E-state index in [1.807, 2.05) is 30.3 Å². The fraction of sp³-hybridized carbons (Fsp3) is 0. The Morgan fingerprint density at radius 3 is 2.29 bits per heavy atom. The first-order valence-electron chi connectivity index (χ1n) is 5.01. The van der Waals surface area contributed by atoms with Gasteiger partial charge < -0.3 is 11.1 Å². The van der Waals surface area contributed by atoms with Crippen molar-refractivity contribution in [2.45, 2.75) is 0 Å². The van der Waals surface area contributed by atoms with E-state index in [2.05, 4.69) is 5.32 Å². The van der Waals surface area contributed by atoms with Crippen LogP contribution in [0.15, 0.2) is 42.5 Å². The van der Waals surface area contributed by atoms with Gasteiger partial charge in [0.05, 0.1) is 10.6 Å². The number of halogens is 1. The molecule has 0 spiro atoms. The molecule has 17 heavy (non-hydrogen) atoms. The van der Waals surface area contributed by atoms with E-state index in [1.165, 1.54) is 0 Å². The van der Waals surface area contributed by atoms with E-state index in [1.54, 1.807) is 18.2 Å². The van der Waals surface area contributed by atoms with Gasteiger partial charge in [-0.05, 0) is 42.5 Å². The van der Waals surface area contributed by atoms with Gasteiger partial charge in [0.2, 0.25) is 0 Å². The van der Waals surface area contributed by atoms with E-state index in [0.717, 1.165) is 11.4 Å². The Labute approximate surface area is 104 Å². The summed E-state index contributed by atoms with van der Waals surface area (Å²) in [7, 11) is 0. The maximum absolute atomic E-state index is 8.76. The van der Waals surface area contributed by atoms with E-state index in [4.69, 9.17) is 22.6 Å². The normalized spacial score (nSPS) is 9.65. The van der Waals surface area contributed by atoms with Crippen molar-refractivity contribution in [1.82, 2.24) is 0 Å². The van der Waals surface area contributed by atoms with Gasteiger partial charge in [-0.1, -0.05) is 11.6 Å². The zero-order valence-corrected chi connectivity index (χ0v) is 9.70. The lowest BCUT2D eigenvalue weighted by atomic mass is 10.2. The number of nitrogens with zero attached hydrogens (tertiary/aromatic N) is 1. The molecule has 0 unspecified atom stereocenters. The molecule has 0 radical (unpaired) electrons. The summed E-state index contributed by atoms with van der Waals surface area (Å²) in [5, 5.41) is 12.4. The number of nitriles is 1. The maximum Gasteiger partial charge on any atom is 0.101 e. The minimum Gasteiger partial charge on any atom is -0.399 e. The molecule has 0 aliphatic heterocycles. The zero-order chi connectivity index (χ0) is 12.3. The number of nitrogens with one attached hydrogen (secondary N) is 1. The summed E-state index contributed by atoms with van der Waals surface area (Å²) in [5.74, 6) is 0. The van der Waals surface area contributed by atoms with Crippen LogP contribution in [0.3, 0.4) is 0 Å². The minimum absolute atomic E-state index is 0.438. The Hall–Kier alpha value is -2.18. The summed E-state index contributed by atoms with van der Waals surface area (Å²) in [4.78, 5) is 0. The first-order chi connectivity index (χ1) is 8.19. The van der Waals surface area contributed by atoms with Gasteiger partial charge in [0.25, 0.3) is 0 Å². The predicted octanol–water partition coefficient (Wildman–Crippen LogP) is 3.54. The zero-order valence-electron chi connectivity index (χ0n) is 8.94. The van der Waals surface area contributed by atoms with Crippen LogP contribution in [-0.2, 0) is 0 Å². The number of rotatable bonds is 2. The second kappa shape index (κ2) is 4.77. The van der Waals surface area contributed by atoms with Gasteiger partial charge in [-0.2, -0.15) is 5.26 Å². The van der Waals surface area contributed by atoms with Gasteiger partial charge in [0.1, 0.15) is 6.07 Å². The van der Waals surface area contributed by atoms with Crippen LogP contribution in [0.2, 0.25) is 5.02 Å². The molecule has 84 valence electrons. The summed E-state index contributed by atoms with van der Waals surface area (Å²) >= 11 is 5.94. The molecule has 4 heteroatoms. The van der Waals surface area contributed by atoms with E-state index in [9.17, 15) is 0 Å². The molecule has 2 aromatic carbocycles. The smallest absolute Gasteiger partial charge is 0.101 e. The van der Waals surface area contributed by atoms with Crippen molar-refractivity contribution in [1.29, 1.82) is 5.26 Å². The number of anilines is 3. The molecule has 2 rings (SSSR count). The molecule has 2 aromatic rings. The van der Waals surface area contributed by atoms with Gasteiger partial charge in [0.15, 0.2) is 0 Å². The summed E-state index contributed by atoms with van der Waals surface area (Å²) in [6.45, 7) is 0. The number of nitrogens with two attached hydrogens (primary N) is 1. The average Bonchev–Trinajstić information content (AvgIpc) is 2.32. The van der Waals surface area contributed by atoms with E-state index in [-0.39, 0.29) is 0 Å². The van der Waals surface area contributed by atoms with Crippen molar-refractivity contribution in [3.05, 3.63) is 53.1 Å². The standard InChI is InChI=1S/C13H10ClN3/c14-13-7-12(4-1-9(13)8-15)17-11-5-2-10(16)3-6-11/h1-7,17H,16H2. The molecule has 0 saturated heterocycles. The topological polar surface area (TPSA) is 61.8 Å². The van der Waals surface area contributed by atoms with Gasteiger partial charge in [-0.3, -0.25) is 0 Å². The number of hydrogen-bond donors (Lipinski definition) is 2. The van der Waals surface area contributed by atoms with Crippen LogP contribution in [-0.4, -0.2) is 0 Å². The molecule has 0 fully saturated rings. The highest BCUT2D eigenvalue weighted by Gasteiger charge is 2.01. The summed E-state index contributed by atoms with van der Waals surface area (Å²) < 4.78 is 0. The lowest BCUT2D eigenvalue weighted by molar-refractivity contribution is 1.47. The highest BCUT2D eigenvalue weighted by atomic mass is 35.5. The van der Waals surface area contributed by atoms with Gasteiger partial charge in [-0.15, -0.1) is 0 Å². The third kappa shape index (κ3) is 2.68. The first kappa shape index (κ1) is 11.3. The van der Waals surface area contributed by atoms with Crippen LogP contribution in [0, 0.1) is 11.3 Å². The first-order valence-corrected chi connectivity index (χ1v) is 5.39. The van der Waals surface area contributed by atoms with E-state index < -0.39 is 0 Å². The summed E-state index contributed by atoms with van der Waals surface area (Å²) in [6.07, 6.45) is 0. The van der Waals surface area contributed by atoms with Crippen molar-refractivity contribution in [2.24, 2.45) is 0 Å². The lowest BCUT2D eigenvalue weighted by Gasteiger charge is -2.07. The molecule has 0 aliphatic carbocycles. The molecule has 0 aromatic heterocycles. The molecule has 0 saturated carbocycles. The van der Waals surface area contributed by atoms with Crippen molar-refractivity contribution in [2.75, 3.05) is 11.1 Å². The lowest BCUT2D eigenvalue weighted by Crippen LogP contribution is -1.91. The number of hydrogen-bond acceptors (Lipinski definition) is 3. The van der Waals surface area contributed by atoms with Crippen LogP contribution in [0.5, 0.6) is 0 Å². The van der Waals surface area contributed by atoms with Crippen LogP contribution < -0.4 is 11.1 Å². The van der Waals surface area contributed by atoms with Crippen molar-refractivity contribution >= 4 is 28.7 Å². The minimum atomic E-state index is 0.438. The second-order valence-electron chi connectivity index (χ2n) is 3.55. The van der Waals surface area contributed by atoms with Crippen LogP contribution >= 0.6 is 11.6 Å². The molecule has 0 aliphatic rings. The molecule has 0 bridgehead atoms. The highest BCUT2D eigenvalue weighted by molar-refractivity contribution is 6.32. The molecule has 0 amide bonds. The Kier molecular flexibility index (Phi) is 3.17. The fourth-order valence-corrected chi connectivity index (χ4v) is 1.64. The van der Waals surface area contributed by atoms with Crippen LogP contribution in [0.4, 0.5) is 17.1 Å². The fourth-order valence-electron chi connectivity index (χ4n) is 1.42. The molecule has 3 nitrogen and oxygen atoms in total. The second-order valence-corrected chi connectivity index (χ2v) is 3.96. The Balaban J connectivity index is 2.22. The molecular formula is C13H10ClN3. The van der Waals surface area contributed by atoms with Crippen molar-refractivity contribution < 1.29 is 0 Å². The molecule has 0 atom stereocenters. The largest absolute Gasteiger partial charge is 0.399 e. The highest BCUT2D eigenvalue weighted by Crippen LogP contribution is 2.23. The van der Waals surface area contributed by atoms with E-state index in [0.29, 0.717) is 16.3 Å². The molecule has 3 N–H and O–H groups in total. The molecular weight excluding hydrogens is 234 g/mol. The van der Waals surface area contributed by atoms with Gasteiger partial charge in [0, 0.05) is 17.1 Å². The number of benzene rings is 2. The Morgan fingerprint density at radius 2 is 1.71 bits per heavy atom. The quantitative estimate of drug-likeness (QED) is 0.793. The third-order valence-corrected chi connectivity index (χ3v) is 2.60. The Bertz CT molecular complexity index is 570.